The number of ether oxygens (including phenoxy) is 3. The smallest absolute Gasteiger partial charge is 0.252 e. The van der Waals surface area contributed by atoms with Gasteiger partial charge in [0.05, 0.1) is 37.5 Å². The fourth-order valence-electron chi connectivity index (χ4n) is 4.25. The molecule has 0 saturated heterocycles. The average Bonchev–Trinajstić information content (AvgIpc) is 3.60. The van der Waals surface area contributed by atoms with Gasteiger partial charge in [0.25, 0.3) is 5.56 Å². The summed E-state index contributed by atoms with van der Waals surface area (Å²) in [6.07, 6.45) is 2.38. The van der Waals surface area contributed by atoms with E-state index in [2.05, 4.69) is 32.3 Å². The number of nitrogens with one attached hydrogen (secondary N) is 1. The average molecular weight is 466 g/mol. The fraction of sp³-hybridized carbons (Fsp3) is 0.391. The molecule has 0 bridgehead atoms. The van der Waals surface area contributed by atoms with E-state index in [9.17, 15) is 4.79 Å². The van der Waals surface area contributed by atoms with Crippen molar-refractivity contribution in [2.45, 2.75) is 39.0 Å². The minimum atomic E-state index is -0.162. The van der Waals surface area contributed by atoms with Crippen LogP contribution >= 0.6 is 0 Å². The maximum atomic E-state index is 13.0. The zero-order valence-corrected chi connectivity index (χ0v) is 19.1. The number of hydrogen-bond donors (Lipinski definition) is 1. The van der Waals surface area contributed by atoms with Crippen LogP contribution in [0.25, 0.3) is 10.9 Å². The van der Waals surface area contributed by atoms with Crippen molar-refractivity contribution in [1.29, 1.82) is 0 Å². The Morgan fingerprint density at radius 3 is 2.85 bits per heavy atom. The zero-order valence-electron chi connectivity index (χ0n) is 19.1. The number of methoxy groups -OCH3 is 1. The number of furan rings is 1. The van der Waals surface area contributed by atoms with Crippen molar-refractivity contribution in [2.24, 2.45) is 0 Å². The lowest BCUT2D eigenvalue weighted by molar-refractivity contribution is 0.142. The van der Waals surface area contributed by atoms with Crippen molar-refractivity contribution >= 4 is 10.9 Å². The Bertz CT molecular complexity index is 1320. The number of aromatic nitrogens is 5. The van der Waals surface area contributed by atoms with Crippen LogP contribution < -0.4 is 15.0 Å². The van der Waals surface area contributed by atoms with Crippen LogP contribution in [0.1, 0.15) is 36.5 Å². The predicted molar refractivity (Wildman–Crippen MR) is 121 cm³/mol. The molecule has 1 aliphatic rings. The molecule has 1 aromatic carbocycles. The third-order valence-electron chi connectivity index (χ3n) is 5.92. The number of pyridine rings is 1. The van der Waals surface area contributed by atoms with Crippen LogP contribution in [-0.4, -0.2) is 50.6 Å². The molecule has 11 heteroatoms. The van der Waals surface area contributed by atoms with E-state index in [-0.39, 0.29) is 18.4 Å². The van der Waals surface area contributed by atoms with Crippen molar-refractivity contribution in [2.75, 3.05) is 20.5 Å². The highest BCUT2D eigenvalue weighted by Gasteiger charge is 2.27. The van der Waals surface area contributed by atoms with Crippen molar-refractivity contribution in [3.8, 4) is 11.5 Å². The summed E-state index contributed by atoms with van der Waals surface area (Å²) in [6.45, 7) is 4.13. The first-order valence-electron chi connectivity index (χ1n) is 11.1. The maximum Gasteiger partial charge on any atom is 0.252 e. The van der Waals surface area contributed by atoms with E-state index in [1.165, 1.54) is 0 Å². The Labute approximate surface area is 195 Å². The molecule has 4 aromatic rings. The normalized spacial score (nSPS) is 13.7. The lowest BCUT2D eigenvalue weighted by atomic mass is 10.1. The number of aromatic amines is 1. The summed E-state index contributed by atoms with van der Waals surface area (Å²) in [4.78, 5) is 18.2. The molecule has 0 aliphatic carbocycles. The Hall–Kier alpha value is -3.70. The standard InChI is InChI=1S/C23H26N6O5/c1-3-19(22-25-26-27-29(22)6-8-31-2)28(13-17-5-4-7-32-17)12-16-9-15-10-20-21(34-14-33-20)11-18(15)24-23(16)30/h4-5,7,9-11,19H,3,6,8,12-14H2,1-2H3,(H,24,30)/t19-/m1/s1. The number of nitrogens with zero attached hydrogens (tertiary/aromatic N) is 5. The number of tetrazole rings is 1. The molecule has 1 aliphatic heterocycles. The van der Waals surface area contributed by atoms with E-state index < -0.39 is 0 Å². The highest BCUT2D eigenvalue weighted by atomic mass is 16.7. The summed E-state index contributed by atoms with van der Waals surface area (Å²) in [6, 6.07) is 9.19. The summed E-state index contributed by atoms with van der Waals surface area (Å²) in [5, 5.41) is 13.2. The molecule has 0 fully saturated rings. The van der Waals surface area contributed by atoms with E-state index >= 15 is 0 Å². The molecule has 34 heavy (non-hydrogen) atoms. The molecular formula is C23H26N6O5. The molecule has 0 amide bonds. The summed E-state index contributed by atoms with van der Waals surface area (Å²) in [5.74, 6) is 2.80. The number of benzene rings is 1. The van der Waals surface area contributed by atoms with E-state index in [4.69, 9.17) is 18.6 Å². The first-order valence-corrected chi connectivity index (χ1v) is 11.1. The summed E-state index contributed by atoms with van der Waals surface area (Å²) in [5.41, 5.74) is 1.16. The third kappa shape index (κ3) is 4.39. The van der Waals surface area contributed by atoms with Gasteiger partial charge in [-0.05, 0) is 41.1 Å². The van der Waals surface area contributed by atoms with Gasteiger partial charge in [0.1, 0.15) is 5.76 Å². The molecule has 0 spiro atoms. The summed E-state index contributed by atoms with van der Waals surface area (Å²) < 4.78 is 23.5. The molecule has 4 heterocycles. The van der Waals surface area contributed by atoms with Crippen LogP contribution in [0.2, 0.25) is 0 Å². The minimum Gasteiger partial charge on any atom is -0.468 e. The molecule has 1 atom stereocenters. The monoisotopic (exact) mass is 466 g/mol. The number of rotatable bonds is 10. The molecule has 5 rings (SSSR count). The van der Waals surface area contributed by atoms with Gasteiger partial charge in [0.2, 0.25) is 6.79 Å². The molecule has 178 valence electrons. The second-order valence-corrected chi connectivity index (χ2v) is 8.08. The molecule has 11 nitrogen and oxygen atoms in total. The van der Waals surface area contributed by atoms with Gasteiger partial charge in [-0.15, -0.1) is 5.10 Å². The lowest BCUT2D eigenvalue weighted by Crippen LogP contribution is -2.32. The molecule has 0 unspecified atom stereocenters. The van der Waals surface area contributed by atoms with Gasteiger partial charge in [0, 0.05) is 30.7 Å². The topological polar surface area (TPSA) is 121 Å². The Morgan fingerprint density at radius 2 is 2.09 bits per heavy atom. The number of fused-ring (bicyclic) bond motifs is 2. The molecule has 0 radical (unpaired) electrons. The van der Waals surface area contributed by atoms with Gasteiger partial charge in [-0.1, -0.05) is 6.92 Å². The van der Waals surface area contributed by atoms with Crippen LogP contribution in [0.4, 0.5) is 0 Å². The highest BCUT2D eigenvalue weighted by molar-refractivity contribution is 5.83. The van der Waals surface area contributed by atoms with Gasteiger partial charge in [-0.2, -0.15) is 0 Å². The Morgan fingerprint density at radius 1 is 1.24 bits per heavy atom. The summed E-state index contributed by atoms with van der Waals surface area (Å²) >= 11 is 0. The van der Waals surface area contributed by atoms with Gasteiger partial charge < -0.3 is 23.6 Å². The van der Waals surface area contributed by atoms with Crippen LogP contribution in [0.5, 0.6) is 11.5 Å². The first kappa shape index (κ1) is 22.1. The van der Waals surface area contributed by atoms with E-state index in [0.717, 1.165) is 17.6 Å². The van der Waals surface area contributed by atoms with Crippen LogP contribution in [0.3, 0.4) is 0 Å². The van der Waals surface area contributed by atoms with Crippen molar-refractivity contribution in [3.63, 3.8) is 0 Å². The summed E-state index contributed by atoms with van der Waals surface area (Å²) in [7, 11) is 1.64. The van der Waals surface area contributed by atoms with E-state index in [1.54, 1.807) is 24.1 Å². The number of hydrogen-bond acceptors (Lipinski definition) is 9. The highest BCUT2D eigenvalue weighted by Crippen LogP contribution is 2.35. The van der Waals surface area contributed by atoms with Gasteiger partial charge in [-0.3, -0.25) is 9.69 Å². The van der Waals surface area contributed by atoms with Crippen LogP contribution in [0.15, 0.2) is 45.8 Å². The zero-order chi connectivity index (χ0) is 23.5. The molecule has 1 N–H and O–H groups in total. The fourth-order valence-corrected chi connectivity index (χ4v) is 4.25. The van der Waals surface area contributed by atoms with Crippen molar-refractivity contribution in [1.82, 2.24) is 30.1 Å². The number of H-pyrrole nitrogens is 1. The van der Waals surface area contributed by atoms with Gasteiger partial charge in [-0.25, -0.2) is 4.68 Å². The minimum absolute atomic E-state index is 0.149. The third-order valence-corrected chi connectivity index (χ3v) is 5.92. The maximum absolute atomic E-state index is 13.0. The van der Waals surface area contributed by atoms with E-state index in [1.807, 2.05) is 24.3 Å². The van der Waals surface area contributed by atoms with Crippen molar-refractivity contribution < 1.29 is 18.6 Å². The molecular weight excluding hydrogens is 440 g/mol. The second kappa shape index (κ2) is 9.65. The van der Waals surface area contributed by atoms with Gasteiger partial charge >= 0.3 is 0 Å². The molecule has 3 aromatic heterocycles. The van der Waals surface area contributed by atoms with Crippen molar-refractivity contribution in [3.05, 3.63) is 64.1 Å². The second-order valence-electron chi connectivity index (χ2n) is 8.08. The quantitative estimate of drug-likeness (QED) is 0.376. The Balaban J connectivity index is 1.50. The SMILES string of the molecule is CC[C@H](c1nnnn1CCOC)N(Cc1ccco1)Cc1cc2cc3c(cc2[nH]c1=O)OCO3. The first-order chi connectivity index (χ1) is 16.7. The van der Waals surface area contributed by atoms with Gasteiger partial charge in [0.15, 0.2) is 17.3 Å². The lowest BCUT2D eigenvalue weighted by Gasteiger charge is -2.29. The van der Waals surface area contributed by atoms with E-state index in [0.29, 0.717) is 54.6 Å². The predicted octanol–water partition coefficient (Wildman–Crippen LogP) is 2.64. The Kier molecular flexibility index (Phi) is 6.28. The van der Waals surface area contributed by atoms with Crippen LogP contribution in [0, 0.1) is 0 Å². The van der Waals surface area contributed by atoms with Crippen LogP contribution in [-0.2, 0) is 24.4 Å². The molecule has 0 saturated carbocycles. The largest absolute Gasteiger partial charge is 0.468 e.